The number of hydrogen-bond donors (Lipinski definition) is 0. The van der Waals surface area contributed by atoms with Crippen molar-refractivity contribution in [1.82, 2.24) is 9.78 Å². The zero-order valence-electron chi connectivity index (χ0n) is 10.8. The molecular formula is C12H17ClN2O3S. The number of carbonyl (C=O) groups excluding carboxylic acids is 1. The van der Waals surface area contributed by atoms with Crippen molar-refractivity contribution in [1.29, 1.82) is 0 Å². The van der Waals surface area contributed by atoms with Gasteiger partial charge in [-0.1, -0.05) is 18.5 Å². The van der Waals surface area contributed by atoms with E-state index in [1.807, 2.05) is 6.92 Å². The molecule has 0 aliphatic carbocycles. The molecule has 1 fully saturated rings. The van der Waals surface area contributed by atoms with Gasteiger partial charge in [-0.05, 0) is 18.8 Å². The first kappa shape index (κ1) is 14.5. The molecule has 1 unspecified atom stereocenters. The van der Waals surface area contributed by atoms with E-state index in [4.69, 9.17) is 11.6 Å². The number of aromatic nitrogens is 2. The molecular weight excluding hydrogens is 288 g/mol. The highest BCUT2D eigenvalue weighted by atomic mass is 35.5. The van der Waals surface area contributed by atoms with Crippen LogP contribution in [0.4, 0.5) is 0 Å². The first-order valence-electron chi connectivity index (χ1n) is 6.38. The Balaban J connectivity index is 2.10. The van der Waals surface area contributed by atoms with Gasteiger partial charge in [-0.25, -0.2) is 8.42 Å². The Kier molecular flexibility index (Phi) is 4.30. The van der Waals surface area contributed by atoms with E-state index >= 15 is 0 Å². The lowest BCUT2D eigenvalue weighted by Gasteiger charge is -2.09. The molecule has 1 aromatic heterocycles. The summed E-state index contributed by atoms with van der Waals surface area (Å²) in [5, 5.41) is 4.42. The molecule has 1 aromatic rings. The van der Waals surface area contributed by atoms with Gasteiger partial charge >= 0.3 is 0 Å². The highest BCUT2D eigenvalue weighted by Crippen LogP contribution is 2.25. The first-order chi connectivity index (χ1) is 8.93. The average Bonchev–Trinajstić information content (AvgIpc) is 2.83. The Hall–Kier alpha value is -0.880. The maximum atomic E-state index is 12.2. The fourth-order valence-electron chi connectivity index (χ4n) is 2.41. The average molecular weight is 305 g/mol. The lowest BCUT2D eigenvalue weighted by molar-refractivity contribution is 0.0955. The minimum Gasteiger partial charge on any atom is -0.292 e. The summed E-state index contributed by atoms with van der Waals surface area (Å²) >= 11 is 5.99. The highest BCUT2D eigenvalue weighted by Gasteiger charge is 2.31. The molecule has 1 saturated heterocycles. The van der Waals surface area contributed by atoms with Crippen LogP contribution in [-0.2, 0) is 16.4 Å². The summed E-state index contributed by atoms with van der Waals surface area (Å²) in [6.45, 7) is 2.63. The van der Waals surface area contributed by atoms with Crippen molar-refractivity contribution in [3.8, 4) is 0 Å². The van der Waals surface area contributed by atoms with Crippen LogP contribution < -0.4 is 0 Å². The SMILES string of the molecule is CCCn1ncc(Cl)c1C(=O)CC1CCS(=O)(=O)C1. The molecule has 0 spiro atoms. The molecule has 0 bridgehead atoms. The van der Waals surface area contributed by atoms with Crippen molar-refractivity contribution in [2.75, 3.05) is 11.5 Å². The summed E-state index contributed by atoms with van der Waals surface area (Å²) < 4.78 is 24.4. The van der Waals surface area contributed by atoms with Gasteiger partial charge in [0.1, 0.15) is 5.69 Å². The normalized spacial score (nSPS) is 21.7. The summed E-state index contributed by atoms with van der Waals surface area (Å²) in [6, 6.07) is 0. The second-order valence-corrected chi connectivity index (χ2v) is 7.60. The fraction of sp³-hybridized carbons (Fsp3) is 0.667. The highest BCUT2D eigenvalue weighted by molar-refractivity contribution is 7.91. The van der Waals surface area contributed by atoms with Crippen LogP contribution in [0.2, 0.25) is 5.02 Å². The zero-order chi connectivity index (χ0) is 14.0. The summed E-state index contributed by atoms with van der Waals surface area (Å²) in [6.07, 6.45) is 3.12. The fourth-order valence-corrected chi connectivity index (χ4v) is 4.52. The lowest BCUT2D eigenvalue weighted by atomic mass is 10.0. The molecule has 0 N–H and O–H groups in total. The van der Waals surface area contributed by atoms with Gasteiger partial charge in [-0.3, -0.25) is 9.48 Å². The Morgan fingerprint density at radius 1 is 1.58 bits per heavy atom. The van der Waals surface area contributed by atoms with Crippen LogP contribution in [0, 0.1) is 5.92 Å². The number of sulfone groups is 1. The number of carbonyl (C=O) groups is 1. The van der Waals surface area contributed by atoms with Crippen molar-refractivity contribution in [2.24, 2.45) is 5.92 Å². The molecule has 0 saturated carbocycles. The smallest absolute Gasteiger partial charge is 0.182 e. The predicted molar refractivity (Wildman–Crippen MR) is 73.2 cm³/mol. The molecule has 1 aliphatic heterocycles. The number of hydrogen-bond acceptors (Lipinski definition) is 4. The van der Waals surface area contributed by atoms with Crippen molar-refractivity contribution in [2.45, 2.75) is 32.7 Å². The van der Waals surface area contributed by atoms with Gasteiger partial charge < -0.3 is 0 Å². The summed E-state index contributed by atoms with van der Waals surface area (Å²) in [5.74, 6) is 0.0992. The summed E-state index contributed by atoms with van der Waals surface area (Å²) in [7, 11) is -2.95. The van der Waals surface area contributed by atoms with Gasteiger partial charge in [-0.2, -0.15) is 5.10 Å². The Labute approximate surface area is 117 Å². The van der Waals surface area contributed by atoms with Crippen molar-refractivity contribution in [3.05, 3.63) is 16.9 Å². The molecule has 0 amide bonds. The largest absolute Gasteiger partial charge is 0.292 e. The predicted octanol–water partition coefficient (Wildman–Crippen LogP) is 1.95. The van der Waals surface area contributed by atoms with Crippen LogP contribution in [0.3, 0.4) is 0 Å². The Bertz CT molecular complexity index is 580. The number of rotatable bonds is 5. The molecule has 0 aromatic carbocycles. The van der Waals surface area contributed by atoms with E-state index in [1.54, 1.807) is 4.68 Å². The van der Waals surface area contributed by atoms with E-state index in [0.717, 1.165) is 6.42 Å². The number of aryl methyl sites for hydroxylation is 1. The number of nitrogens with zero attached hydrogens (tertiary/aromatic N) is 2. The van der Waals surface area contributed by atoms with Gasteiger partial charge in [0.2, 0.25) is 0 Å². The van der Waals surface area contributed by atoms with Crippen LogP contribution in [0.1, 0.15) is 36.7 Å². The Morgan fingerprint density at radius 3 is 2.89 bits per heavy atom. The van der Waals surface area contributed by atoms with Gasteiger partial charge in [0.05, 0.1) is 22.7 Å². The lowest BCUT2D eigenvalue weighted by Crippen LogP contribution is -2.15. The molecule has 106 valence electrons. The summed E-state index contributed by atoms with van der Waals surface area (Å²) in [4.78, 5) is 12.2. The quantitative estimate of drug-likeness (QED) is 0.780. The van der Waals surface area contributed by atoms with E-state index in [0.29, 0.717) is 23.7 Å². The minimum atomic E-state index is -2.95. The monoisotopic (exact) mass is 304 g/mol. The van der Waals surface area contributed by atoms with Gasteiger partial charge in [0.15, 0.2) is 15.6 Å². The van der Waals surface area contributed by atoms with E-state index in [-0.39, 0.29) is 29.6 Å². The van der Waals surface area contributed by atoms with E-state index in [2.05, 4.69) is 5.10 Å². The van der Waals surface area contributed by atoms with E-state index < -0.39 is 9.84 Å². The topological polar surface area (TPSA) is 69.0 Å². The molecule has 7 heteroatoms. The molecule has 2 heterocycles. The third-order valence-corrected chi connectivity index (χ3v) is 5.41. The van der Waals surface area contributed by atoms with Crippen LogP contribution in [0.15, 0.2) is 6.20 Å². The van der Waals surface area contributed by atoms with Gasteiger partial charge in [0, 0.05) is 13.0 Å². The standard InChI is InChI=1S/C12H17ClN2O3S/c1-2-4-15-12(10(13)7-14-15)11(16)6-9-3-5-19(17,18)8-9/h7,9H,2-6,8H2,1H3. The van der Waals surface area contributed by atoms with Crippen LogP contribution in [-0.4, -0.2) is 35.5 Å². The maximum Gasteiger partial charge on any atom is 0.182 e. The van der Waals surface area contributed by atoms with Crippen molar-refractivity contribution in [3.63, 3.8) is 0 Å². The molecule has 0 radical (unpaired) electrons. The summed E-state index contributed by atoms with van der Waals surface area (Å²) in [5.41, 5.74) is 0.410. The van der Waals surface area contributed by atoms with Gasteiger partial charge in [0.25, 0.3) is 0 Å². The minimum absolute atomic E-state index is 0.0847. The molecule has 1 atom stereocenters. The second kappa shape index (κ2) is 5.63. The maximum absolute atomic E-state index is 12.2. The number of Topliss-reactive ketones (excluding diaryl/α,β-unsaturated/α-hetero) is 1. The zero-order valence-corrected chi connectivity index (χ0v) is 12.4. The second-order valence-electron chi connectivity index (χ2n) is 4.96. The molecule has 5 nitrogen and oxygen atoms in total. The van der Waals surface area contributed by atoms with E-state index in [9.17, 15) is 13.2 Å². The van der Waals surface area contributed by atoms with Crippen molar-refractivity contribution >= 4 is 27.2 Å². The number of ketones is 1. The van der Waals surface area contributed by atoms with Gasteiger partial charge in [-0.15, -0.1) is 0 Å². The number of halogens is 1. The van der Waals surface area contributed by atoms with Crippen LogP contribution in [0.5, 0.6) is 0 Å². The Morgan fingerprint density at radius 2 is 2.32 bits per heavy atom. The molecule has 19 heavy (non-hydrogen) atoms. The molecule has 2 rings (SSSR count). The van der Waals surface area contributed by atoms with Crippen LogP contribution in [0.25, 0.3) is 0 Å². The van der Waals surface area contributed by atoms with E-state index in [1.165, 1.54) is 6.20 Å². The third kappa shape index (κ3) is 3.36. The molecule has 1 aliphatic rings. The first-order valence-corrected chi connectivity index (χ1v) is 8.58. The third-order valence-electron chi connectivity index (χ3n) is 3.30. The van der Waals surface area contributed by atoms with Crippen molar-refractivity contribution < 1.29 is 13.2 Å². The van der Waals surface area contributed by atoms with Crippen LogP contribution >= 0.6 is 11.6 Å².